The number of carbonyl (C=O) groups is 1. The van der Waals surface area contributed by atoms with E-state index in [1.54, 1.807) is 6.08 Å². The van der Waals surface area contributed by atoms with Crippen LogP contribution < -0.4 is 0 Å². The van der Waals surface area contributed by atoms with Gasteiger partial charge in [0, 0.05) is 4.90 Å². The van der Waals surface area contributed by atoms with E-state index in [2.05, 4.69) is 6.92 Å². The maximum atomic E-state index is 13.6. The van der Waals surface area contributed by atoms with Crippen LogP contribution in [0.25, 0.3) is 6.08 Å². The molecule has 0 heterocycles. The van der Waals surface area contributed by atoms with Crippen LogP contribution in [0.4, 0.5) is 8.78 Å². The molecule has 0 fully saturated rings. The molecule has 2 rings (SSSR count). The predicted octanol–water partition coefficient (Wildman–Crippen LogP) is 6.53. The fourth-order valence-corrected chi connectivity index (χ4v) is 3.30. The van der Waals surface area contributed by atoms with Crippen LogP contribution in [0.1, 0.15) is 48.5 Å². The Morgan fingerprint density at radius 1 is 1.00 bits per heavy atom. The first-order valence-electron chi connectivity index (χ1n) is 8.51. The highest BCUT2D eigenvalue weighted by molar-refractivity contribution is 7.99. The molecule has 2 aromatic rings. The number of allylic oxidation sites excluding steroid dienone is 1. The third-order valence-electron chi connectivity index (χ3n) is 3.78. The Labute approximate surface area is 152 Å². The van der Waals surface area contributed by atoms with E-state index in [4.69, 9.17) is 0 Å². The van der Waals surface area contributed by atoms with Crippen molar-refractivity contribution >= 4 is 23.6 Å². The van der Waals surface area contributed by atoms with Gasteiger partial charge >= 0.3 is 0 Å². The summed E-state index contributed by atoms with van der Waals surface area (Å²) in [5, 5.41) is 0. The summed E-state index contributed by atoms with van der Waals surface area (Å²) in [4.78, 5) is 13.2. The average molecular weight is 360 g/mol. The molecule has 0 aromatic heterocycles. The molecule has 2 aromatic carbocycles. The average Bonchev–Trinajstić information content (AvgIpc) is 2.60. The third-order valence-corrected chi connectivity index (χ3v) is 4.88. The molecule has 132 valence electrons. The number of unbranched alkanes of at least 4 members (excludes halogenated alkanes) is 3. The summed E-state index contributed by atoms with van der Waals surface area (Å²) < 4.78 is 27.2. The van der Waals surface area contributed by atoms with Gasteiger partial charge in [-0.2, -0.15) is 0 Å². The molecular formula is C21H22F2OS. The van der Waals surface area contributed by atoms with Crippen LogP contribution in [0, 0.1) is 11.6 Å². The zero-order valence-corrected chi connectivity index (χ0v) is 15.1. The van der Waals surface area contributed by atoms with Crippen LogP contribution in [0.3, 0.4) is 0 Å². The molecule has 0 spiro atoms. The zero-order chi connectivity index (χ0) is 18.1. The minimum Gasteiger partial charge on any atom is -0.289 e. The van der Waals surface area contributed by atoms with E-state index < -0.39 is 23.0 Å². The second-order valence-electron chi connectivity index (χ2n) is 5.77. The Hall–Kier alpha value is -1.94. The number of hydrogen-bond acceptors (Lipinski definition) is 2. The summed E-state index contributed by atoms with van der Waals surface area (Å²) in [6.45, 7) is 2.20. The summed E-state index contributed by atoms with van der Waals surface area (Å²) in [5.41, 5.74) is 0.304. The molecule has 0 bridgehead atoms. The number of ketones is 1. The van der Waals surface area contributed by atoms with E-state index in [-0.39, 0.29) is 0 Å². The standard InChI is InChI=1S/C21H22F2OS/c1-2-3-4-5-15-25-17-12-9-16(10-13-17)11-14-20(24)21-18(22)7-6-8-19(21)23/h6-14H,2-5,15H2,1H3. The van der Waals surface area contributed by atoms with E-state index in [0.29, 0.717) is 0 Å². The maximum Gasteiger partial charge on any atom is 0.191 e. The van der Waals surface area contributed by atoms with Gasteiger partial charge in [0.1, 0.15) is 11.6 Å². The molecular weight excluding hydrogens is 338 g/mol. The minimum atomic E-state index is -0.843. The van der Waals surface area contributed by atoms with Crippen LogP contribution in [0.5, 0.6) is 0 Å². The van der Waals surface area contributed by atoms with Crippen LogP contribution in [0.15, 0.2) is 53.4 Å². The summed E-state index contributed by atoms with van der Waals surface area (Å²) in [6, 6.07) is 11.2. The second kappa shape index (κ2) is 10.1. The Balaban J connectivity index is 1.92. The molecule has 4 heteroatoms. The van der Waals surface area contributed by atoms with Crippen molar-refractivity contribution in [1.29, 1.82) is 0 Å². The molecule has 0 saturated heterocycles. The molecule has 1 nitrogen and oxygen atoms in total. The number of halogens is 2. The van der Waals surface area contributed by atoms with Gasteiger partial charge in [-0.25, -0.2) is 8.78 Å². The van der Waals surface area contributed by atoms with Crippen molar-refractivity contribution in [2.75, 3.05) is 5.75 Å². The first-order valence-corrected chi connectivity index (χ1v) is 9.49. The molecule has 0 aliphatic rings. The quantitative estimate of drug-likeness (QED) is 0.219. The number of benzene rings is 2. The fraction of sp³-hybridized carbons (Fsp3) is 0.286. The van der Waals surface area contributed by atoms with Crippen LogP contribution in [-0.4, -0.2) is 11.5 Å². The molecule has 0 aliphatic heterocycles. The highest BCUT2D eigenvalue weighted by Gasteiger charge is 2.14. The highest BCUT2D eigenvalue weighted by atomic mass is 32.2. The van der Waals surface area contributed by atoms with Gasteiger partial charge in [-0.15, -0.1) is 11.8 Å². The monoisotopic (exact) mass is 360 g/mol. The second-order valence-corrected chi connectivity index (χ2v) is 6.94. The SMILES string of the molecule is CCCCCCSc1ccc(C=CC(=O)c2c(F)cccc2F)cc1. The van der Waals surface area contributed by atoms with Gasteiger partial charge in [0.15, 0.2) is 5.78 Å². The third kappa shape index (κ3) is 6.13. The molecule has 0 atom stereocenters. The van der Waals surface area contributed by atoms with Gasteiger partial charge in [-0.3, -0.25) is 4.79 Å². The maximum absolute atomic E-state index is 13.6. The van der Waals surface area contributed by atoms with E-state index in [1.807, 2.05) is 36.0 Å². The van der Waals surface area contributed by atoms with Gasteiger partial charge in [0.2, 0.25) is 0 Å². The van der Waals surface area contributed by atoms with Gasteiger partial charge in [0.25, 0.3) is 0 Å². The number of thioether (sulfide) groups is 1. The summed E-state index contributed by atoms with van der Waals surface area (Å²) in [5.74, 6) is -1.26. The van der Waals surface area contributed by atoms with E-state index in [9.17, 15) is 13.6 Å². The Bertz CT molecular complexity index is 703. The van der Waals surface area contributed by atoms with E-state index >= 15 is 0 Å². The lowest BCUT2D eigenvalue weighted by Gasteiger charge is -2.02. The number of rotatable bonds is 9. The molecule has 0 N–H and O–H groups in total. The fourth-order valence-electron chi connectivity index (χ4n) is 2.38. The molecule has 0 radical (unpaired) electrons. The molecule has 0 aliphatic carbocycles. The Morgan fingerprint density at radius 2 is 1.68 bits per heavy atom. The van der Waals surface area contributed by atoms with E-state index in [1.165, 1.54) is 42.7 Å². The molecule has 0 unspecified atom stereocenters. The lowest BCUT2D eigenvalue weighted by Crippen LogP contribution is -2.02. The molecule has 0 amide bonds. The van der Waals surface area contributed by atoms with Crippen LogP contribution >= 0.6 is 11.8 Å². The Morgan fingerprint density at radius 3 is 2.32 bits per heavy atom. The van der Waals surface area contributed by atoms with Crippen molar-refractivity contribution in [3.63, 3.8) is 0 Å². The van der Waals surface area contributed by atoms with Crippen molar-refractivity contribution in [1.82, 2.24) is 0 Å². The van der Waals surface area contributed by atoms with Crippen molar-refractivity contribution < 1.29 is 13.6 Å². The first-order chi connectivity index (χ1) is 12.1. The number of carbonyl (C=O) groups excluding carboxylic acids is 1. The topological polar surface area (TPSA) is 17.1 Å². The van der Waals surface area contributed by atoms with Gasteiger partial charge in [0.05, 0.1) is 5.56 Å². The highest BCUT2D eigenvalue weighted by Crippen LogP contribution is 2.21. The van der Waals surface area contributed by atoms with E-state index in [0.717, 1.165) is 23.4 Å². The van der Waals surface area contributed by atoms with Crippen LogP contribution in [0.2, 0.25) is 0 Å². The van der Waals surface area contributed by atoms with Crippen molar-refractivity contribution in [3.05, 3.63) is 71.3 Å². The summed E-state index contributed by atoms with van der Waals surface area (Å²) in [6.07, 6.45) is 7.77. The lowest BCUT2D eigenvalue weighted by molar-refractivity contribution is 0.104. The number of hydrogen-bond donors (Lipinski definition) is 0. The Kier molecular flexibility index (Phi) is 7.86. The van der Waals surface area contributed by atoms with Crippen molar-refractivity contribution in [3.8, 4) is 0 Å². The largest absolute Gasteiger partial charge is 0.289 e. The molecule has 25 heavy (non-hydrogen) atoms. The van der Waals surface area contributed by atoms with Crippen molar-refractivity contribution in [2.45, 2.75) is 37.5 Å². The van der Waals surface area contributed by atoms with Gasteiger partial charge in [-0.1, -0.05) is 50.5 Å². The summed E-state index contributed by atoms with van der Waals surface area (Å²) >= 11 is 1.81. The smallest absolute Gasteiger partial charge is 0.191 e. The van der Waals surface area contributed by atoms with Crippen molar-refractivity contribution in [2.24, 2.45) is 0 Å². The zero-order valence-electron chi connectivity index (χ0n) is 14.3. The van der Waals surface area contributed by atoms with Gasteiger partial charge < -0.3 is 0 Å². The minimum absolute atomic E-state index is 0.516. The summed E-state index contributed by atoms with van der Waals surface area (Å²) in [7, 11) is 0. The van der Waals surface area contributed by atoms with Crippen LogP contribution in [-0.2, 0) is 0 Å². The van der Waals surface area contributed by atoms with Gasteiger partial charge in [-0.05, 0) is 48.1 Å². The lowest BCUT2D eigenvalue weighted by atomic mass is 10.1. The normalized spacial score (nSPS) is 11.2. The first kappa shape index (κ1) is 19.4. The predicted molar refractivity (Wildman–Crippen MR) is 101 cm³/mol. The molecule has 0 saturated carbocycles.